The quantitative estimate of drug-likeness (QED) is 0.442. The maximum atomic E-state index is 12.9. The third-order valence-electron chi connectivity index (χ3n) is 11.5. The lowest BCUT2D eigenvalue weighted by atomic mass is 9.40. The van der Waals surface area contributed by atoms with Gasteiger partial charge in [-0.15, -0.1) is 0 Å². The van der Waals surface area contributed by atoms with Gasteiger partial charge in [-0.3, -0.25) is 14.4 Å². The molecule has 0 heterocycles. The summed E-state index contributed by atoms with van der Waals surface area (Å²) in [6, 6.07) is 2.13. The summed E-state index contributed by atoms with van der Waals surface area (Å²) in [5.41, 5.74) is -0.394. The Morgan fingerprint density at radius 2 is 1.69 bits per heavy atom. The van der Waals surface area contributed by atoms with E-state index in [9.17, 15) is 24.8 Å². The Labute approximate surface area is 216 Å². The number of nitriles is 1. The molecule has 1 N–H and O–H groups in total. The van der Waals surface area contributed by atoms with Crippen LogP contribution in [0.15, 0.2) is 23.3 Å². The number of fused-ring (bicyclic) bond motifs is 2. The predicted octanol–water partition coefficient (Wildman–Crippen LogP) is 6.68. The van der Waals surface area contributed by atoms with Gasteiger partial charge in [0.1, 0.15) is 6.07 Å². The predicted molar refractivity (Wildman–Crippen MR) is 139 cm³/mol. The Hall–Kier alpha value is -2.22. The molecule has 5 nitrogen and oxygen atoms in total. The summed E-state index contributed by atoms with van der Waals surface area (Å²) >= 11 is 0. The lowest BCUT2D eigenvalue weighted by Crippen LogP contribution is -2.57. The van der Waals surface area contributed by atoms with Crippen molar-refractivity contribution in [2.45, 2.75) is 99.8 Å². The molecule has 0 amide bonds. The van der Waals surface area contributed by atoms with Gasteiger partial charge in [0.05, 0.1) is 11.0 Å². The first-order chi connectivity index (χ1) is 16.6. The molecular weight excluding hydrogens is 450 g/mol. The van der Waals surface area contributed by atoms with Gasteiger partial charge in [0, 0.05) is 11.3 Å². The SMILES string of the molecule is CC(=O)/C=C1/[C@@]2(C)C=C(C#N)C(=O)[C@@H](C)[C@@H]2CC[C@@]1(C)[C@]1(C)CC[C@@]2(C(=O)O)CCC(C)(C)CC2C1. The number of hydrogen-bond donors (Lipinski definition) is 1. The summed E-state index contributed by atoms with van der Waals surface area (Å²) in [5.74, 6) is -0.896. The smallest absolute Gasteiger partial charge is 0.309 e. The molecule has 0 saturated heterocycles. The lowest BCUT2D eigenvalue weighted by molar-refractivity contribution is -0.170. The second-order valence-electron chi connectivity index (χ2n) is 14.0. The van der Waals surface area contributed by atoms with Crippen LogP contribution in [0, 0.1) is 56.2 Å². The molecule has 5 heteroatoms. The highest BCUT2D eigenvalue weighted by Crippen LogP contribution is 2.70. The minimum absolute atomic E-state index is 0.0207. The Morgan fingerprint density at radius 1 is 1.06 bits per heavy atom. The van der Waals surface area contributed by atoms with Crippen molar-refractivity contribution < 1.29 is 19.5 Å². The molecule has 36 heavy (non-hydrogen) atoms. The topological polar surface area (TPSA) is 95.2 Å². The van der Waals surface area contributed by atoms with Gasteiger partial charge in [0.25, 0.3) is 0 Å². The first-order valence-corrected chi connectivity index (χ1v) is 13.7. The molecule has 0 aromatic carbocycles. The van der Waals surface area contributed by atoms with Crippen molar-refractivity contribution in [2.75, 3.05) is 0 Å². The molecule has 1 unspecified atom stereocenters. The zero-order chi connectivity index (χ0) is 26.9. The second kappa shape index (κ2) is 8.40. The van der Waals surface area contributed by atoms with Crippen molar-refractivity contribution in [1.82, 2.24) is 0 Å². The molecule has 3 saturated carbocycles. The van der Waals surface area contributed by atoms with Crippen LogP contribution in [-0.2, 0) is 14.4 Å². The van der Waals surface area contributed by atoms with E-state index in [1.165, 1.54) is 0 Å². The number of ketones is 2. The molecule has 0 aliphatic heterocycles. The van der Waals surface area contributed by atoms with Crippen LogP contribution in [0.25, 0.3) is 0 Å². The van der Waals surface area contributed by atoms with Crippen LogP contribution >= 0.6 is 0 Å². The van der Waals surface area contributed by atoms with Gasteiger partial charge >= 0.3 is 5.97 Å². The van der Waals surface area contributed by atoms with Crippen LogP contribution in [0.3, 0.4) is 0 Å². The van der Waals surface area contributed by atoms with E-state index in [1.54, 1.807) is 13.0 Å². The lowest BCUT2D eigenvalue weighted by Gasteiger charge is -2.64. The summed E-state index contributed by atoms with van der Waals surface area (Å²) in [5, 5.41) is 20.1. The Balaban J connectivity index is 1.83. The van der Waals surface area contributed by atoms with Crippen LogP contribution < -0.4 is 0 Å². The van der Waals surface area contributed by atoms with E-state index in [-0.39, 0.29) is 51.1 Å². The van der Waals surface area contributed by atoms with Gasteiger partial charge in [-0.05, 0) is 92.4 Å². The van der Waals surface area contributed by atoms with E-state index in [0.29, 0.717) is 6.42 Å². The normalized spacial score (nSPS) is 45.2. The van der Waals surface area contributed by atoms with E-state index < -0.39 is 16.8 Å². The van der Waals surface area contributed by atoms with Crippen molar-refractivity contribution in [3.63, 3.8) is 0 Å². The van der Waals surface area contributed by atoms with E-state index in [4.69, 9.17) is 0 Å². The number of carboxylic acids is 1. The van der Waals surface area contributed by atoms with E-state index in [2.05, 4.69) is 40.7 Å². The van der Waals surface area contributed by atoms with Crippen LogP contribution in [0.4, 0.5) is 0 Å². The number of hydrogen-bond acceptors (Lipinski definition) is 4. The first kappa shape index (κ1) is 26.8. The average Bonchev–Trinajstić information content (AvgIpc) is 2.78. The molecular formula is C31H43NO4. The molecule has 3 fully saturated rings. The average molecular weight is 494 g/mol. The maximum absolute atomic E-state index is 12.9. The van der Waals surface area contributed by atoms with Crippen molar-refractivity contribution in [3.8, 4) is 6.07 Å². The Kier molecular flexibility index (Phi) is 6.26. The summed E-state index contributed by atoms with van der Waals surface area (Å²) in [6.45, 7) is 14.7. The van der Waals surface area contributed by atoms with Crippen LogP contribution in [-0.4, -0.2) is 22.6 Å². The molecule has 4 aliphatic carbocycles. The monoisotopic (exact) mass is 493 g/mol. The molecule has 0 aromatic heterocycles. The highest BCUT2D eigenvalue weighted by molar-refractivity contribution is 6.02. The number of rotatable bonds is 3. The zero-order valence-electron chi connectivity index (χ0n) is 23.2. The Morgan fingerprint density at radius 3 is 2.28 bits per heavy atom. The summed E-state index contributed by atoms with van der Waals surface area (Å²) in [6.07, 6.45) is 10.2. The minimum Gasteiger partial charge on any atom is -0.481 e. The molecule has 7 atom stereocenters. The Bertz CT molecular complexity index is 1110. The van der Waals surface area contributed by atoms with Crippen molar-refractivity contribution >= 4 is 17.5 Å². The van der Waals surface area contributed by atoms with Gasteiger partial charge in [-0.25, -0.2) is 0 Å². The third kappa shape index (κ3) is 3.74. The number of carboxylic acid groups (broad SMARTS) is 1. The van der Waals surface area contributed by atoms with E-state index in [0.717, 1.165) is 50.5 Å². The molecule has 0 aromatic rings. The second-order valence-corrected chi connectivity index (χ2v) is 14.0. The molecule has 0 spiro atoms. The van der Waals surface area contributed by atoms with Crippen LogP contribution in [0.5, 0.6) is 0 Å². The number of Topliss-reactive ketones (excluding diaryl/α,β-unsaturated/α-hetero) is 1. The molecule has 0 radical (unpaired) electrons. The van der Waals surface area contributed by atoms with Crippen LogP contribution in [0.1, 0.15) is 99.8 Å². The van der Waals surface area contributed by atoms with E-state index in [1.807, 2.05) is 13.0 Å². The first-order valence-electron chi connectivity index (χ1n) is 13.7. The molecule has 196 valence electrons. The van der Waals surface area contributed by atoms with Crippen LogP contribution in [0.2, 0.25) is 0 Å². The highest BCUT2D eigenvalue weighted by Gasteiger charge is 2.63. The maximum Gasteiger partial charge on any atom is 0.309 e. The third-order valence-corrected chi connectivity index (χ3v) is 11.5. The highest BCUT2D eigenvalue weighted by atomic mass is 16.4. The molecule has 0 bridgehead atoms. The van der Waals surface area contributed by atoms with Gasteiger partial charge in [0.15, 0.2) is 11.6 Å². The van der Waals surface area contributed by atoms with Gasteiger partial charge < -0.3 is 5.11 Å². The number of carbonyl (C=O) groups is 3. The number of nitrogens with zero attached hydrogens (tertiary/aromatic N) is 1. The zero-order valence-corrected chi connectivity index (χ0v) is 23.2. The minimum atomic E-state index is -0.656. The van der Waals surface area contributed by atoms with Gasteiger partial charge in [-0.2, -0.15) is 5.26 Å². The summed E-state index contributed by atoms with van der Waals surface area (Å²) in [4.78, 5) is 38.2. The summed E-state index contributed by atoms with van der Waals surface area (Å²) < 4.78 is 0. The molecule has 4 rings (SSSR count). The standard InChI is InChI=1S/C31H43NO4/c1-19(33)14-24-29(6)15-21(18-32)25(34)20(2)23(29)8-9-30(24,7)28(5)11-13-31(26(35)36)12-10-27(3,4)16-22(31)17-28/h14-15,20,22-23H,8-13,16-17H2,1-7H3,(H,35,36)/b24-14-/t20-,22?,23-,28+,29-,30+,31-/m0/s1. The van der Waals surface area contributed by atoms with Crippen molar-refractivity contribution in [3.05, 3.63) is 23.3 Å². The fraction of sp³-hybridized carbons (Fsp3) is 0.742. The molecule has 4 aliphatic rings. The van der Waals surface area contributed by atoms with Gasteiger partial charge in [-0.1, -0.05) is 53.2 Å². The number of allylic oxidation sites excluding steroid dienone is 4. The largest absolute Gasteiger partial charge is 0.481 e. The fourth-order valence-electron chi connectivity index (χ4n) is 9.02. The van der Waals surface area contributed by atoms with Gasteiger partial charge in [0.2, 0.25) is 0 Å². The number of aliphatic carboxylic acids is 1. The van der Waals surface area contributed by atoms with Crippen molar-refractivity contribution in [2.24, 2.45) is 44.8 Å². The fourth-order valence-corrected chi connectivity index (χ4v) is 9.02. The van der Waals surface area contributed by atoms with Crippen molar-refractivity contribution in [1.29, 1.82) is 5.26 Å². The van der Waals surface area contributed by atoms with E-state index >= 15 is 0 Å². The summed E-state index contributed by atoms with van der Waals surface area (Å²) in [7, 11) is 0. The number of carbonyl (C=O) groups excluding carboxylic acids is 2.